The monoisotopic (exact) mass is 287 g/mol. The maximum Gasteiger partial charge on any atom is 1.00 e. The Kier molecular flexibility index (Phi) is 6.87. The quantitative estimate of drug-likeness (QED) is 0.444. The number of benzene rings is 1. The fourth-order valence-corrected chi connectivity index (χ4v) is 1.31. The van der Waals surface area contributed by atoms with Gasteiger partial charge >= 0.3 is 58.4 Å². The molecule has 0 atom stereocenters. The van der Waals surface area contributed by atoms with E-state index in [2.05, 4.69) is 4.74 Å². The zero-order valence-corrected chi connectivity index (χ0v) is 13.4. The molecule has 0 spiro atoms. The molecule has 0 heterocycles. The van der Waals surface area contributed by atoms with Gasteiger partial charge in [0.25, 0.3) is 5.69 Å². The van der Waals surface area contributed by atoms with Crippen LogP contribution in [0.3, 0.4) is 0 Å². The topological polar surface area (TPSA) is 52.4 Å². The molecule has 0 N–H and O–H groups in total. The van der Waals surface area contributed by atoms with Crippen LogP contribution in [0, 0.1) is 24.0 Å². The predicted molar refractivity (Wildman–Crippen MR) is 57.1 cm³/mol. The van der Waals surface area contributed by atoms with Crippen LogP contribution < -0.4 is 56.1 Å². The Labute approximate surface area is 145 Å². The molecule has 0 unspecified atom stereocenters. The Hall–Kier alpha value is -0.0887. The van der Waals surface area contributed by atoms with Crippen molar-refractivity contribution >= 4 is 12.7 Å². The summed E-state index contributed by atoms with van der Waals surface area (Å²) in [5, 5.41) is 10.6. The molecular formula is C9H10BF3KNO3. The van der Waals surface area contributed by atoms with E-state index in [1.807, 2.05) is 0 Å². The van der Waals surface area contributed by atoms with Crippen molar-refractivity contribution in [2.45, 2.75) is 13.8 Å². The maximum absolute atomic E-state index is 12.0. The van der Waals surface area contributed by atoms with Crippen molar-refractivity contribution in [3.05, 3.63) is 33.4 Å². The molecule has 0 saturated carbocycles. The number of ether oxygens (including phenoxy) is 1. The van der Waals surface area contributed by atoms with E-state index in [9.17, 15) is 23.1 Å². The van der Waals surface area contributed by atoms with Gasteiger partial charge in [-0.15, -0.1) is 0 Å². The van der Waals surface area contributed by atoms with Crippen molar-refractivity contribution in [2.75, 3.05) is 6.51 Å². The van der Waals surface area contributed by atoms with Gasteiger partial charge in [0, 0.05) is 11.6 Å². The molecule has 1 aromatic rings. The number of hydrogen-bond donors (Lipinski definition) is 0. The smallest absolute Gasteiger partial charge is 0.521 e. The van der Waals surface area contributed by atoms with Crippen molar-refractivity contribution < 1.29 is 74.0 Å². The third kappa shape index (κ3) is 5.27. The fourth-order valence-electron chi connectivity index (χ4n) is 1.31. The van der Waals surface area contributed by atoms with Gasteiger partial charge in [-0.1, -0.05) is 0 Å². The van der Waals surface area contributed by atoms with Crippen molar-refractivity contribution in [2.24, 2.45) is 0 Å². The van der Waals surface area contributed by atoms with Crippen LogP contribution in [0.4, 0.5) is 18.6 Å². The first kappa shape index (κ1) is 17.9. The van der Waals surface area contributed by atoms with E-state index in [4.69, 9.17) is 0 Å². The van der Waals surface area contributed by atoms with Crippen LogP contribution in [0.15, 0.2) is 12.1 Å². The summed E-state index contributed by atoms with van der Waals surface area (Å²) in [5.41, 5.74) is 0.444. The van der Waals surface area contributed by atoms with Crippen LogP contribution in [-0.4, -0.2) is 18.4 Å². The SMILES string of the molecule is Cc1cc([N+](=O)[O-])c(C)cc1OC[B-](F)(F)F.[K+]. The van der Waals surface area contributed by atoms with Crippen LogP contribution in [0.25, 0.3) is 0 Å². The van der Waals surface area contributed by atoms with Gasteiger partial charge in [0.05, 0.1) is 11.4 Å². The third-order valence-electron chi connectivity index (χ3n) is 2.12. The van der Waals surface area contributed by atoms with Gasteiger partial charge in [-0.3, -0.25) is 10.1 Å². The van der Waals surface area contributed by atoms with E-state index in [-0.39, 0.29) is 68.4 Å². The molecule has 0 aliphatic rings. The zero-order chi connectivity index (χ0) is 13.2. The molecule has 18 heavy (non-hydrogen) atoms. The van der Waals surface area contributed by atoms with Gasteiger partial charge in [-0.05, 0) is 25.5 Å². The number of nitro groups is 1. The second kappa shape index (κ2) is 6.90. The molecule has 1 rings (SSSR count). The molecule has 0 aliphatic carbocycles. The summed E-state index contributed by atoms with van der Waals surface area (Å²) in [6.07, 6.45) is 0. The van der Waals surface area contributed by atoms with Crippen LogP contribution >= 0.6 is 0 Å². The first-order chi connectivity index (χ1) is 7.70. The van der Waals surface area contributed by atoms with E-state index in [1.165, 1.54) is 26.0 Å². The normalized spacial score (nSPS) is 10.7. The van der Waals surface area contributed by atoms with E-state index >= 15 is 0 Å². The van der Waals surface area contributed by atoms with Gasteiger partial charge in [0.15, 0.2) is 0 Å². The summed E-state index contributed by atoms with van der Waals surface area (Å²) in [6.45, 7) is -3.47. The summed E-state index contributed by atoms with van der Waals surface area (Å²) in [6, 6.07) is 2.45. The third-order valence-corrected chi connectivity index (χ3v) is 2.12. The molecule has 0 fully saturated rings. The Morgan fingerprint density at radius 2 is 1.83 bits per heavy atom. The molecule has 94 valence electrons. The standard InChI is InChI=1S/C9H10BF3NO3.K/c1-6-4-9(17-5-10(11,12)13)7(2)3-8(6)14(15)16;/h3-4H,5H2,1-2H3;/q-1;+1. The van der Waals surface area contributed by atoms with Crippen LogP contribution in [0.5, 0.6) is 5.75 Å². The Morgan fingerprint density at radius 1 is 1.28 bits per heavy atom. The minimum Gasteiger partial charge on any atom is -0.521 e. The number of hydrogen-bond acceptors (Lipinski definition) is 3. The summed E-state index contributed by atoms with van der Waals surface area (Å²) in [4.78, 5) is 10.0. The van der Waals surface area contributed by atoms with Crippen molar-refractivity contribution in [1.29, 1.82) is 0 Å². The minimum absolute atomic E-state index is 0. The Balaban J connectivity index is 0.00000289. The largest absolute Gasteiger partial charge is 1.00 e. The summed E-state index contributed by atoms with van der Waals surface area (Å²) in [5.74, 6) is 0.0206. The maximum atomic E-state index is 12.0. The molecular weight excluding hydrogens is 277 g/mol. The van der Waals surface area contributed by atoms with E-state index in [1.54, 1.807) is 0 Å². The van der Waals surface area contributed by atoms with E-state index in [0.29, 0.717) is 5.56 Å². The van der Waals surface area contributed by atoms with E-state index < -0.39 is 18.4 Å². The fraction of sp³-hybridized carbons (Fsp3) is 0.333. The minimum atomic E-state index is -5.03. The molecule has 0 bridgehead atoms. The second-order valence-corrected chi connectivity index (χ2v) is 3.68. The Bertz CT molecular complexity index is 453. The molecule has 4 nitrogen and oxygen atoms in total. The van der Waals surface area contributed by atoms with Gasteiger partial charge in [0.2, 0.25) is 0 Å². The molecule has 9 heteroatoms. The summed E-state index contributed by atoms with van der Waals surface area (Å²) >= 11 is 0. The molecule has 0 amide bonds. The van der Waals surface area contributed by atoms with Crippen LogP contribution in [-0.2, 0) is 0 Å². The van der Waals surface area contributed by atoms with Crippen molar-refractivity contribution in [3.8, 4) is 5.75 Å². The van der Waals surface area contributed by atoms with Gasteiger partial charge in [0.1, 0.15) is 5.75 Å². The van der Waals surface area contributed by atoms with Gasteiger partial charge in [-0.25, -0.2) is 0 Å². The second-order valence-electron chi connectivity index (χ2n) is 3.68. The number of aryl methyl sites for hydroxylation is 2. The number of nitro benzene ring substituents is 1. The van der Waals surface area contributed by atoms with E-state index in [0.717, 1.165) is 0 Å². The predicted octanol–water partition coefficient (Wildman–Crippen LogP) is -0.0190. The first-order valence-corrected chi connectivity index (χ1v) is 4.80. The number of halogens is 3. The molecule has 0 radical (unpaired) electrons. The number of nitrogens with zero attached hydrogens (tertiary/aromatic N) is 1. The summed E-state index contributed by atoms with van der Waals surface area (Å²) in [7, 11) is 0. The zero-order valence-electron chi connectivity index (χ0n) is 10.2. The van der Waals surface area contributed by atoms with Gasteiger partial charge in [-0.2, -0.15) is 0 Å². The van der Waals surface area contributed by atoms with Crippen LogP contribution in [0.1, 0.15) is 11.1 Å². The Morgan fingerprint density at radius 3 is 2.28 bits per heavy atom. The average Bonchev–Trinajstić information content (AvgIpc) is 2.17. The first-order valence-electron chi connectivity index (χ1n) is 4.80. The molecule has 0 aliphatic heterocycles. The molecule has 0 aromatic heterocycles. The average molecular weight is 287 g/mol. The van der Waals surface area contributed by atoms with Crippen LogP contribution in [0.2, 0.25) is 0 Å². The summed E-state index contributed by atoms with van der Waals surface area (Å²) < 4.78 is 40.6. The van der Waals surface area contributed by atoms with Crippen molar-refractivity contribution in [1.82, 2.24) is 0 Å². The molecule has 1 aromatic carbocycles. The number of rotatable bonds is 4. The molecule has 0 saturated heterocycles. The van der Waals surface area contributed by atoms with Gasteiger partial charge < -0.3 is 17.7 Å². The van der Waals surface area contributed by atoms with Crippen molar-refractivity contribution in [3.63, 3.8) is 0 Å².